The summed E-state index contributed by atoms with van der Waals surface area (Å²) < 4.78 is 0. The van der Waals surface area contributed by atoms with Crippen LogP contribution in [-0.4, -0.2) is 51.9 Å². The molecule has 4 nitrogen and oxygen atoms in total. The van der Waals surface area contributed by atoms with Crippen molar-refractivity contribution in [3.05, 3.63) is 0 Å². The van der Waals surface area contributed by atoms with E-state index in [1.54, 1.807) is 27.6 Å². The molecule has 2 unspecified atom stereocenters. The van der Waals surface area contributed by atoms with Crippen LogP contribution in [0.5, 0.6) is 0 Å². The molecule has 0 saturated carbocycles. The molecule has 2 rings (SSSR count). The third-order valence-corrected chi connectivity index (χ3v) is 6.67. The van der Waals surface area contributed by atoms with Crippen LogP contribution >= 0.6 is 21.6 Å². The van der Waals surface area contributed by atoms with Gasteiger partial charge in [0.15, 0.2) is 4.87 Å². The number of piperazine rings is 1. The number of fused-ring (bicyclic) bond motifs is 1. The largest absolute Gasteiger partial charge is 0.328 e. The summed E-state index contributed by atoms with van der Waals surface area (Å²) in [5, 5.41) is 0. The maximum Gasteiger partial charge on any atom is 0.260 e. The Hall–Kier alpha value is -0.360. The first-order chi connectivity index (χ1) is 8.02. The summed E-state index contributed by atoms with van der Waals surface area (Å²) >= 11 is 0. The van der Waals surface area contributed by atoms with Gasteiger partial charge in [-0.25, -0.2) is 0 Å². The molecule has 2 aliphatic rings. The molecule has 0 aliphatic carbocycles. The molecule has 96 valence electrons. The second-order valence-electron chi connectivity index (χ2n) is 4.53. The summed E-state index contributed by atoms with van der Waals surface area (Å²) in [4.78, 5) is 27.4. The lowest BCUT2D eigenvalue weighted by Crippen LogP contribution is -2.66. The van der Waals surface area contributed by atoms with E-state index in [2.05, 4.69) is 6.92 Å². The molecule has 0 aromatic rings. The van der Waals surface area contributed by atoms with Gasteiger partial charge in [-0.15, -0.1) is 0 Å². The van der Waals surface area contributed by atoms with E-state index in [1.807, 2.05) is 6.92 Å². The SMILES string of the molecule is CCSSC1(C)C(=O)N2CCCC2C(=O)N1C. The van der Waals surface area contributed by atoms with Crippen LogP contribution in [0, 0.1) is 0 Å². The first kappa shape index (κ1) is 13.1. The Morgan fingerprint density at radius 3 is 2.82 bits per heavy atom. The van der Waals surface area contributed by atoms with Gasteiger partial charge in [0, 0.05) is 19.3 Å². The van der Waals surface area contributed by atoms with Crippen LogP contribution in [0.4, 0.5) is 0 Å². The molecule has 0 spiro atoms. The van der Waals surface area contributed by atoms with Crippen LogP contribution in [0.1, 0.15) is 26.7 Å². The lowest BCUT2D eigenvalue weighted by atomic mass is 10.1. The van der Waals surface area contributed by atoms with Crippen molar-refractivity contribution in [1.82, 2.24) is 9.80 Å². The van der Waals surface area contributed by atoms with Gasteiger partial charge in [-0.05, 0) is 19.8 Å². The lowest BCUT2D eigenvalue weighted by Gasteiger charge is -2.46. The quantitative estimate of drug-likeness (QED) is 0.733. The number of hydrogen-bond donors (Lipinski definition) is 0. The van der Waals surface area contributed by atoms with Gasteiger partial charge >= 0.3 is 0 Å². The maximum absolute atomic E-state index is 12.5. The zero-order valence-electron chi connectivity index (χ0n) is 10.4. The zero-order valence-corrected chi connectivity index (χ0v) is 12.1. The molecule has 2 saturated heterocycles. The minimum atomic E-state index is -0.737. The van der Waals surface area contributed by atoms with E-state index in [0.717, 1.165) is 25.1 Å². The van der Waals surface area contributed by atoms with Gasteiger partial charge in [0.1, 0.15) is 6.04 Å². The first-order valence-electron chi connectivity index (χ1n) is 5.91. The Balaban J connectivity index is 2.26. The number of hydrogen-bond acceptors (Lipinski definition) is 4. The lowest BCUT2D eigenvalue weighted by molar-refractivity contribution is -0.159. The van der Waals surface area contributed by atoms with Crippen molar-refractivity contribution < 1.29 is 9.59 Å². The fourth-order valence-electron chi connectivity index (χ4n) is 2.38. The number of carbonyl (C=O) groups is 2. The van der Waals surface area contributed by atoms with Crippen molar-refractivity contribution in [2.24, 2.45) is 0 Å². The molecule has 0 N–H and O–H groups in total. The average molecular weight is 274 g/mol. The van der Waals surface area contributed by atoms with Crippen molar-refractivity contribution in [2.45, 2.75) is 37.6 Å². The van der Waals surface area contributed by atoms with Crippen molar-refractivity contribution in [2.75, 3.05) is 19.3 Å². The van der Waals surface area contributed by atoms with E-state index in [0.29, 0.717) is 0 Å². The minimum Gasteiger partial charge on any atom is -0.328 e. The van der Waals surface area contributed by atoms with Gasteiger partial charge in [-0.2, -0.15) is 0 Å². The average Bonchev–Trinajstić information content (AvgIpc) is 2.80. The molecular weight excluding hydrogens is 256 g/mol. The Kier molecular flexibility index (Phi) is 3.63. The van der Waals surface area contributed by atoms with Gasteiger partial charge in [-0.1, -0.05) is 28.5 Å². The minimum absolute atomic E-state index is 0.0908. The number of carbonyl (C=O) groups excluding carboxylic acids is 2. The van der Waals surface area contributed by atoms with Crippen LogP contribution in [0.2, 0.25) is 0 Å². The summed E-state index contributed by atoms with van der Waals surface area (Å²) in [7, 11) is 4.88. The third kappa shape index (κ3) is 1.95. The van der Waals surface area contributed by atoms with Crippen LogP contribution in [-0.2, 0) is 9.59 Å². The monoisotopic (exact) mass is 274 g/mol. The maximum atomic E-state index is 12.5. The molecule has 2 amide bonds. The Morgan fingerprint density at radius 1 is 1.47 bits per heavy atom. The highest BCUT2D eigenvalue weighted by Gasteiger charge is 2.53. The summed E-state index contributed by atoms with van der Waals surface area (Å²) in [6.07, 6.45) is 1.76. The van der Waals surface area contributed by atoms with Crippen LogP contribution in [0.25, 0.3) is 0 Å². The molecule has 2 aliphatic heterocycles. The van der Waals surface area contributed by atoms with E-state index in [1.165, 1.54) is 10.8 Å². The number of nitrogens with zero attached hydrogens (tertiary/aromatic N) is 2. The Labute approximate surface area is 110 Å². The Morgan fingerprint density at radius 2 is 2.18 bits per heavy atom. The fraction of sp³-hybridized carbons (Fsp3) is 0.818. The third-order valence-electron chi connectivity index (χ3n) is 3.51. The molecule has 2 heterocycles. The number of rotatable bonds is 3. The molecule has 0 bridgehead atoms. The van der Waals surface area contributed by atoms with Gasteiger partial charge in [0.25, 0.3) is 5.91 Å². The molecule has 0 aromatic carbocycles. The van der Waals surface area contributed by atoms with E-state index in [4.69, 9.17) is 0 Å². The molecule has 6 heteroatoms. The standard InChI is InChI=1S/C11H18N2O2S2/c1-4-16-17-11(2)10(15)13-7-5-6-8(13)9(14)12(11)3/h8H,4-7H2,1-3H3. The van der Waals surface area contributed by atoms with Crippen LogP contribution in [0.15, 0.2) is 0 Å². The topological polar surface area (TPSA) is 40.6 Å². The van der Waals surface area contributed by atoms with E-state index in [9.17, 15) is 9.59 Å². The molecule has 2 fully saturated rings. The molecule has 2 atom stereocenters. The highest BCUT2D eigenvalue weighted by atomic mass is 33.1. The molecular formula is C11H18N2O2S2. The van der Waals surface area contributed by atoms with Crippen molar-refractivity contribution in [1.29, 1.82) is 0 Å². The van der Waals surface area contributed by atoms with E-state index >= 15 is 0 Å². The second kappa shape index (κ2) is 4.72. The normalized spacial score (nSPS) is 33.2. The zero-order chi connectivity index (χ0) is 12.6. The summed E-state index contributed by atoms with van der Waals surface area (Å²) in [5.74, 6) is 1.11. The predicted octanol–water partition coefficient (Wildman–Crippen LogP) is 1.57. The Bertz CT molecular complexity index is 350. The van der Waals surface area contributed by atoms with Gasteiger partial charge in [0.05, 0.1) is 0 Å². The first-order valence-corrected chi connectivity index (χ1v) is 8.23. The molecule has 0 aromatic heterocycles. The highest BCUT2D eigenvalue weighted by Crippen LogP contribution is 2.43. The van der Waals surface area contributed by atoms with Crippen molar-refractivity contribution in [3.63, 3.8) is 0 Å². The second-order valence-corrected chi connectivity index (χ2v) is 7.51. The summed E-state index contributed by atoms with van der Waals surface area (Å²) in [5.41, 5.74) is 0. The number of likely N-dealkylation sites (N-methyl/N-ethyl adjacent to an activating group) is 1. The van der Waals surface area contributed by atoms with Gasteiger partial charge in [0.2, 0.25) is 5.91 Å². The van der Waals surface area contributed by atoms with E-state index in [-0.39, 0.29) is 17.9 Å². The smallest absolute Gasteiger partial charge is 0.260 e. The fourth-order valence-corrected chi connectivity index (χ4v) is 4.70. The number of amides is 2. The molecule has 17 heavy (non-hydrogen) atoms. The van der Waals surface area contributed by atoms with Crippen LogP contribution in [0.3, 0.4) is 0 Å². The molecule has 0 radical (unpaired) electrons. The van der Waals surface area contributed by atoms with E-state index < -0.39 is 4.87 Å². The van der Waals surface area contributed by atoms with Crippen LogP contribution < -0.4 is 0 Å². The predicted molar refractivity (Wildman–Crippen MR) is 71.6 cm³/mol. The summed E-state index contributed by atoms with van der Waals surface area (Å²) in [6.45, 7) is 4.64. The van der Waals surface area contributed by atoms with Crippen molar-refractivity contribution in [3.8, 4) is 0 Å². The summed E-state index contributed by atoms with van der Waals surface area (Å²) in [6, 6.07) is -0.201. The van der Waals surface area contributed by atoms with Gasteiger partial charge < -0.3 is 9.80 Å². The van der Waals surface area contributed by atoms with Gasteiger partial charge in [-0.3, -0.25) is 9.59 Å². The highest BCUT2D eigenvalue weighted by molar-refractivity contribution is 8.77. The van der Waals surface area contributed by atoms with Crippen molar-refractivity contribution >= 4 is 33.4 Å².